The maximum atomic E-state index is 11.4. The number of esters is 2. The van der Waals surface area contributed by atoms with E-state index in [2.05, 4.69) is 11.7 Å². The summed E-state index contributed by atoms with van der Waals surface area (Å²) in [7, 11) is 0. The molecule has 0 fully saturated rings. The first-order chi connectivity index (χ1) is 11.5. The van der Waals surface area contributed by atoms with Crippen LogP contribution in [-0.2, 0) is 19.1 Å². The highest BCUT2D eigenvalue weighted by Crippen LogP contribution is 2.12. The summed E-state index contributed by atoms with van der Waals surface area (Å²) in [4.78, 5) is 33.0. The molecule has 0 radical (unpaired) electrons. The van der Waals surface area contributed by atoms with Crippen LogP contribution in [0.25, 0.3) is 0 Å². The number of carboxylic acid groups (broad SMARTS) is 1. The van der Waals surface area contributed by atoms with Crippen LogP contribution in [-0.4, -0.2) is 34.2 Å². The average Bonchev–Trinajstić information content (AvgIpc) is 2.51. The number of hydrogen-bond acceptors (Lipinski definition) is 5. The average molecular weight is 344 g/mol. The summed E-state index contributed by atoms with van der Waals surface area (Å²) in [6.07, 6.45) is 10.3. The molecule has 0 rings (SSSR count). The monoisotopic (exact) mass is 344 g/mol. The number of rotatable bonds is 15. The van der Waals surface area contributed by atoms with Gasteiger partial charge in [0.05, 0.1) is 6.42 Å². The van der Waals surface area contributed by atoms with E-state index in [1.807, 2.05) is 0 Å². The zero-order valence-corrected chi connectivity index (χ0v) is 14.8. The van der Waals surface area contributed by atoms with Gasteiger partial charge in [-0.3, -0.25) is 9.59 Å². The van der Waals surface area contributed by atoms with Crippen LogP contribution in [0, 0.1) is 0 Å². The van der Waals surface area contributed by atoms with Crippen molar-refractivity contribution in [2.45, 2.75) is 96.5 Å². The number of carbonyl (C=O) groups excluding carboxylic acids is 2. The summed E-state index contributed by atoms with van der Waals surface area (Å²) in [5, 5.41) is 17.6. The van der Waals surface area contributed by atoms with Crippen LogP contribution < -0.4 is 0 Å². The molecule has 1 unspecified atom stereocenters. The molecule has 140 valence electrons. The summed E-state index contributed by atoms with van der Waals surface area (Å²) in [5.74, 6) is -3.22. The Labute approximate surface area is 144 Å². The molecule has 0 amide bonds. The maximum Gasteiger partial charge on any atom is 0.343 e. The molecule has 0 aromatic rings. The lowest BCUT2D eigenvalue weighted by Crippen LogP contribution is -2.28. The molecule has 6 heteroatoms. The van der Waals surface area contributed by atoms with Gasteiger partial charge in [-0.25, -0.2) is 4.79 Å². The predicted octanol–water partition coefficient (Wildman–Crippen LogP) is 3.59. The van der Waals surface area contributed by atoms with E-state index in [4.69, 9.17) is 5.11 Å². The van der Waals surface area contributed by atoms with Crippen LogP contribution in [0.2, 0.25) is 0 Å². The second kappa shape index (κ2) is 15.1. The highest BCUT2D eigenvalue weighted by atomic mass is 16.6. The number of ether oxygens (including phenoxy) is 1. The summed E-state index contributed by atoms with van der Waals surface area (Å²) in [6.45, 7) is 2.21. The Bertz CT molecular complexity index is 367. The summed E-state index contributed by atoms with van der Waals surface area (Å²) in [6, 6.07) is 0. The summed E-state index contributed by atoms with van der Waals surface area (Å²) >= 11 is 0. The van der Waals surface area contributed by atoms with Gasteiger partial charge >= 0.3 is 17.9 Å². The van der Waals surface area contributed by atoms with Crippen molar-refractivity contribution >= 4 is 17.9 Å². The molecule has 0 aliphatic carbocycles. The Morgan fingerprint density at radius 2 is 1.29 bits per heavy atom. The van der Waals surface area contributed by atoms with Gasteiger partial charge < -0.3 is 14.9 Å². The van der Waals surface area contributed by atoms with Gasteiger partial charge in [0.1, 0.15) is 0 Å². The molecular formula is C18H32O6. The first-order valence-corrected chi connectivity index (χ1v) is 9.11. The standard InChI is InChI=1S/C18H32O6/c1-2-3-4-5-6-7-8-9-10-11-12-13-17(22)24-18(23)15(19)14-16(20)21/h15,19H,2-14H2,1H3,(H,20,21). The lowest BCUT2D eigenvalue weighted by Gasteiger charge is -2.07. The van der Waals surface area contributed by atoms with Crippen LogP contribution in [0.15, 0.2) is 0 Å². The number of aliphatic carboxylic acids is 1. The highest BCUT2D eigenvalue weighted by molar-refractivity contribution is 5.89. The molecule has 0 aliphatic rings. The molecule has 0 saturated carbocycles. The van der Waals surface area contributed by atoms with E-state index in [1.165, 1.54) is 44.9 Å². The topological polar surface area (TPSA) is 101 Å². The molecule has 0 saturated heterocycles. The lowest BCUT2D eigenvalue weighted by atomic mass is 10.1. The van der Waals surface area contributed by atoms with Crippen molar-refractivity contribution < 1.29 is 29.3 Å². The van der Waals surface area contributed by atoms with E-state index in [0.29, 0.717) is 6.42 Å². The fourth-order valence-electron chi connectivity index (χ4n) is 2.41. The van der Waals surface area contributed by atoms with Crippen molar-refractivity contribution in [3.8, 4) is 0 Å². The van der Waals surface area contributed by atoms with E-state index in [9.17, 15) is 19.5 Å². The van der Waals surface area contributed by atoms with Crippen LogP contribution in [0.5, 0.6) is 0 Å². The van der Waals surface area contributed by atoms with Crippen molar-refractivity contribution in [2.24, 2.45) is 0 Å². The summed E-state index contributed by atoms with van der Waals surface area (Å²) < 4.78 is 4.41. The third-order valence-corrected chi connectivity index (χ3v) is 3.84. The van der Waals surface area contributed by atoms with Gasteiger partial charge in [-0.15, -0.1) is 0 Å². The zero-order chi connectivity index (χ0) is 18.2. The van der Waals surface area contributed by atoms with Gasteiger partial charge in [0.15, 0.2) is 6.10 Å². The third-order valence-electron chi connectivity index (χ3n) is 3.84. The minimum atomic E-state index is -1.79. The van der Waals surface area contributed by atoms with Gasteiger partial charge in [-0.2, -0.15) is 0 Å². The van der Waals surface area contributed by atoms with Crippen molar-refractivity contribution in [1.29, 1.82) is 0 Å². The van der Waals surface area contributed by atoms with Gasteiger partial charge in [0.2, 0.25) is 0 Å². The molecule has 24 heavy (non-hydrogen) atoms. The van der Waals surface area contributed by atoms with Crippen molar-refractivity contribution in [3.05, 3.63) is 0 Å². The minimum absolute atomic E-state index is 0.114. The fraction of sp³-hybridized carbons (Fsp3) is 0.833. The second-order valence-corrected chi connectivity index (χ2v) is 6.19. The quantitative estimate of drug-likeness (QED) is 0.267. The van der Waals surface area contributed by atoms with Crippen LogP contribution in [0.4, 0.5) is 0 Å². The third kappa shape index (κ3) is 14.2. The maximum absolute atomic E-state index is 11.4. The Morgan fingerprint density at radius 1 is 0.833 bits per heavy atom. The van der Waals surface area contributed by atoms with Crippen LogP contribution in [0.3, 0.4) is 0 Å². The van der Waals surface area contributed by atoms with Gasteiger partial charge in [0.25, 0.3) is 0 Å². The van der Waals surface area contributed by atoms with Crippen LogP contribution in [0.1, 0.15) is 90.4 Å². The predicted molar refractivity (Wildman–Crippen MR) is 90.4 cm³/mol. The number of carboxylic acids is 1. The number of unbranched alkanes of at least 4 members (excludes halogenated alkanes) is 10. The SMILES string of the molecule is CCCCCCCCCCCCCC(=O)OC(=O)C(O)CC(=O)O. The lowest BCUT2D eigenvalue weighted by molar-refractivity contribution is -0.168. The molecule has 0 aromatic carbocycles. The van der Waals surface area contributed by atoms with Gasteiger partial charge in [-0.05, 0) is 6.42 Å². The molecule has 0 aliphatic heterocycles. The fourth-order valence-corrected chi connectivity index (χ4v) is 2.41. The number of aliphatic hydroxyl groups excluding tert-OH is 1. The number of carbonyl (C=O) groups is 3. The highest BCUT2D eigenvalue weighted by Gasteiger charge is 2.22. The molecule has 0 bridgehead atoms. The molecule has 0 heterocycles. The van der Waals surface area contributed by atoms with E-state index >= 15 is 0 Å². The van der Waals surface area contributed by atoms with Gasteiger partial charge in [-0.1, -0.05) is 71.1 Å². The Kier molecular flexibility index (Phi) is 14.2. The Morgan fingerprint density at radius 3 is 1.75 bits per heavy atom. The largest absolute Gasteiger partial charge is 0.481 e. The molecule has 6 nitrogen and oxygen atoms in total. The van der Waals surface area contributed by atoms with Gasteiger partial charge in [0, 0.05) is 6.42 Å². The first kappa shape index (κ1) is 22.6. The van der Waals surface area contributed by atoms with E-state index in [1.54, 1.807) is 0 Å². The number of hydrogen-bond donors (Lipinski definition) is 2. The van der Waals surface area contributed by atoms with E-state index in [0.717, 1.165) is 19.3 Å². The Balaban J connectivity index is 3.46. The van der Waals surface area contributed by atoms with Crippen molar-refractivity contribution in [1.82, 2.24) is 0 Å². The van der Waals surface area contributed by atoms with Crippen molar-refractivity contribution in [3.63, 3.8) is 0 Å². The van der Waals surface area contributed by atoms with E-state index < -0.39 is 30.4 Å². The van der Waals surface area contributed by atoms with Crippen LogP contribution >= 0.6 is 0 Å². The van der Waals surface area contributed by atoms with E-state index in [-0.39, 0.29) is 6.42 Å². The zero-order valence-electron chi connectivity index (χ0n) is 14.8. The molecule has 0 aromatic heterocycles. The molecule has 0 spiro atoms. The number of aliphatic hydroxyl groups is 1. The first-order valence-electron chi connectivity index (χ1n) is 9.11. The minimum Gasteiger partial charge on any atom is -0.481 e. The second-order valence-electron chi connectivity index (χ2n) is 6.19. The molecular weight excluding hydrogens is 312 g/mol. The normalized spacial score (nSPS) is 11.9. The smallest absolute Gasteiger partial charge is 0.343 e. The summed E-state index contributed by atoms with van der Waals surface area (Å²) in [5.41, 5.74) is 0. The molecule has 2 N–H and O–H groups in total. The van der Waals surface area contributed by atoms with Crippen molar-refractivity contribution in [2.75, 3.05) is 0 Å². The Hall–Kier alpha value is -1.43. The molecule has 1 atom stereocenters.